The zero-order valence-corrected chi connectivity index (χ0v) is 17.9. The fourth-order valence-corrected chi connectivity index (χ4v) is 6.46. The quantitative estimate of drug-likeness (QED) is 0.609. The molecule has 0 amide bonds. The molecule has 2 aromatic carbocycles. The summed E-state index contributed by atoms with van der Waals surface area (Å²) in [6, 6.07) is 11.9. The van der Waals surface area contributed by atoms with Crippen LogP contribution in [0.4, 0.5) is 4.39 Å². The summed E-state index contributed by atoms with van der Waals surface area (Å²) in [5.74, 6) is -0.375. The second-order valence-corrected chi connectivity index (χ2v) is 10.3. The Bertz CT molecular complexity index is 1140. The van der Waals surface area contributed by atoms with E-state index >= 15 is 0 Å². The van der Waals surface area contributed by atoms with Gasteiger partial charge in [0.1, 0.15) is 10.8 Å². The van der Waals surface area contributed by atoms with Gasteiger partial charge in [-0.05, 0) is 50.5 Å². The second kappa shape index (κ2) is 7.93. The lowest BCUT2D eigenvalue weighted by molar-refractivity contribution is 0.314. The van der Waals surface area contributed by atoms with Gasteiger partial charge in [-0.25, -0.2) is 12.8 Å². The van der Waals surface area contributed by atoms with Crippen molar-refractivity contribution < 1.29 is 12.8 Å². The van der Waals surface area contributed by atoms with E-state index in [1.165, 1.54) is 17.4 Å². The first-order valence-corrected chi connectivity index (χ1v) is 11.8. The first-order chi connectivity index (χ1) is 13.9. The number of sulfonamides is 1. The van der Waals surface area contributed by atoms with E-state index in [1.807, 2.05) is 26.0 Å². The van der Waals surface area contributed by atoms with Crippen molar-refractivity contribution in [3.05, 3.63) is 64.4 Å². The van der Waals surface area contributed by atoms with Gasteiger partial charge in [0, 0.05) is 24.6 Å². The third-order valence-electron chi connectivity index (χ3n) is 5.23. The molecule has 4 rings (SSSR count). The minimum atomic E-state index is -3.57. The van der Waals surface area contributed by atoms with Gasteiger partial charge in [0.2, 0.25) is 10.0 Å². The van der Waals surface area contributed by atoms with Crippen LogP contribution in [0.15, 0.2) is 47.4 Å². The summed E-state index contributed by atoms with van der Waals surface area (Å²) in [5, 5.41) is 9.68. The van der Waals surface area contributed by atoms with Crippen LogP contribution in [0.3, 0.4) is 0 Å². The number of benzene rings is 2. The highest BCUT2D eigenvalue weighted by atomic mass is 32.2. The van der Waals surface area contributed by atoms with Crippen LogP contribution >= 0.6 is 11.3 Å². The maximum Gasteiger partial charge on any atom is 0.243 e. The predicted molar refractivity (Wildman–Crippen MR) is 112 cm³/mol. The molecule has 0 bridgehead atoms. The Morgan fingerprint density at radius 1 is 1.14 bits per heavy atom. The molecule has 0 aliphatic carbocycles. The van der Waals surface area contributed by atoms with Crippen LogP contribution in [-0.2, 0) is 10.0 Å². The molecule has 3 aromatic rings. The number of halogens is 1. The maximum atomic E-state index is 14.1. The molecule has 1 aliphatic rings. The molecule has 0 saturated carbocycles. The van der Waals surface area contributed by atoms with E-state index in [9.17, 15) is 12.8 Å². The molecule has 0 radical (unpaired) electrons. The number of piperidine rings is 1. The van der Waals surface area contributed by atoms with Gasteiger partial charge in [0.05, 0.1) is 4.90 Å². The Morgan fingerprint density at radius 2 is 1.93 bits per heavy atom. The molecule has 1 fully saturated rings. The van der Waals surface area contributed by atoms with Crippen molar-refractivity contribution in [2.75, 3.05) is 13.1 Å². The summed E-state index contributed by atoms with van der Waals surface area (Å²) in [4.78, 5) is 0.355. The second-order valence-electron chi connectivity index (χ2n) is 7.40. The third-order valence-corrected chi connectivity index (χ3v) is 8.37. The van der Waals surface area contributed by atoms with Gasteiger partial charge in [-0.1, -0.05) is 41.2 Å². The first kappa shape index (κ1) is 20.1. The predicted octanol–water partition coefficient (Wildman–Crippen LogP) is 4.53. The van der Waals surface area contributed by atoms with E-state index in [2.05, 4.69) is 10.2 Å². The number of hydrogen-bond donors (Lipinski definition) is 0. The summed E-state index contributed by atoms with van der Waals surface area (Å²) in [6.45, 7) is 4.63. The zero-order valence-electron chi connectivity index (χ0n) is 16.3. The number of aryl methyl sites for hydroxylation is 2. The van der Waals surface area contributed by atoms with Crippen molar-refractivity contribution in [3.63, 3.8) is 0 Å². The highest BCUT2D eigenvalue weighted by Crippen LogP contribution is 2.35. The normalized spacial score (nSPS) is 18.1. The van der Waals surface area contributed by atoms with Crippen molar-refractivity contribution in [2.24, 2.45) is 0 Å². The Morgan fingerprint density at radius 3 is 2.69 bits per heavy atom. The fourth-order valence-electron chi connectivity index (χ4n) is 3.73. The van der Waals surface area contributed by atoms with Crippen molar-refractivity contribution in [2.45, 2.75) is 37.5 Å². The number of hydrogen-bond acceptors (Lipinski definition) is 5. The number of aromatic nitrogens is 2. The molecule has 8 heteroatoms. The molecular formula is C21H22FN3O2S2. The molecule has 29 heavy (non-hydrogen) atoms. The SMILES string of the molecule is Cc1ccc(S(=O)(=O)N2CCCC(c3nnc(-c4ccccc4F)s3)C2)c(C)c1. The molecule has 1 saturated heterocycles. The van der Waals surface area contributed by atoms with Gasteiger partial charge in [0.15, 0.2) is 5.01 Å². The third kappa shape index (κ3) is 3.97. The Balaban J connectivity index is 1.58. The van der Waals surface area contributed by atoms with Crippen molar-refractivity contribution in [3.8, 4) is 10.6 Å². The standard InChI is InChI=1S/C21H22FN3O2S2/c1-14-9-10-19(15(2)12-14)29(26,27)25-11-5-6-16(13-25)20-23-24-21(28-20)17-7-3-4-8-18(17)22/h3-4,7-10,12,16H,5-6,11,13H2,1-2H3. The smallest absolute Gasteiger partial charge is 0.207 e. The molecule has 0 spiro atoms. The average Bonchev–Trinajstić information content (AvgIpc) is 3.18. The number of nitrogens with zero attached hydrogens (tertiary/aromatic N) is 3. The molecule has 1 aromatic heterocycles. The first-order valence-electron chi connectivity index (χ1n) is 9.52. The van der Waals surface area contributed by atoms with Gasteiger partial charge in [-0.2, -0.15) is 4.31 Å². The maximum absolute atomic E-state index is 14.1. The van der Waals surface area contributed by atoms with Crippen LogP contribution in [0.5, 0.6) is 0 Å². The summed E-state index contributed by atoms with van der Waals surface area (Å²) >= 11 is 1.34. The van der Waals surface area contributed by atoms with Crippen LogP contribution in [-0.4, -0.2) is 36.0 Å². The Hall–Kier alpha value is -2.16. The van der Waals surface area contributed by atoms with E-state index in [1.54, 1.807) is 28.6 Å². The summed E-state index contributed by atoms with van der Waals surface area (Å²) in [6.07, 6.45) is 1.59. The van der Waals surface area contributed by atoms with Crippen LogP contribution < -0.4 is 0 Å². The van der Waals surface area contributed by atoms with Crippen molar-refractivity contribution in [1.29, 1.82) is 0 Å². The van der Waals surface area contributed by atoms with E-state index in [0.29, 0.717) is 28.6 Å². The number of rotatable bonds is 4. The molecular weight excluding hydrogens is 409 g/mol. The molecule has 1 aliphatic heterocycles. The van der Waals surface area contributed by atoms with Gasteiger partial charge in [0.25, 0.3) is 0 Å². The van der Waals surface area contributed by atoms with E-state index < -0.39 is 10.0 Å². The Kier molecular flexibility index (Phi) is 5.50. The van der Waals surface area contributed by atoms with Gasteiger partial charge in [-0.15, -0.1) is 10.2 Å². The largest absolute Gasteiger partial charge is 0.243 e. The summed E-state index contributed by atoms with van der Waals surface area (Å²) < 4.78 is 42.0. The monoisotopic (exact) mass is 431 g/mol. The highest BCUT2D eigenvalue weighted by Gasteiger charge is 2.33. The lowest BCUT2D eigenvalue weighted by Gasteiger charge is -2.31. The average molecular weight is 432 g/mol. The zero-order chi connectivity index (χ0) is 20.6. The van der Waals surface area contributed by atoms with Crippen molar-refractivity contribution >= 4 is 21.4 Å². The molecule has 2 heterocycles. The molecule has 1 unspecified atom stereocenters. The lowest BCUT2D eigenvalue weighted by atomic mass is 10.0. The van der Waals surface area contributed by atoms with Gasteiger partial charge >= 0.3 is 0 Å². The Labute approximate surface area is 174 Å². The van der Waals surface area contributed by atoms with Crippen LogP contribution in [0.2, 0.25) is 0 Å². The van der Waals surface area contributed by atoms with E-state index in [0.717, 1.165) is 29.0 Å². The van der Waals surface area contributed by atoms with Crippen LogP contribution in [0.1, 0.15) is 34.9 Å². The molecule has 0 N–H and O–H groups in total. The molecule has 1 atom stereocenters. The molecule has 5 nitrogen and oxygen atoms in total. The minimum Gasteiger partial charge on any atom is -0.207 e. The van der Waals surface area contributed by atoms with Crippen LogP contribution in [0, 0.1) is 19.7 Å². The summed E-state index contributed by atoms with van der Waals surface area (Å²) in [7, 11) is -3.57. The van der Waals surface area contributed by atoms with Crippen molar-refractivity contribution in [1.82, 2.24) is 14.5 Å². The topological polar surface area (TPSA) is 63.2 Å². The lowest BCUT2D eigenvalue weighted by Crippen LogP contribution is -2.39. The molecule has 152 valence electrons. The van der Waals surface area contributed by atoms with Gasteiger partial charge < -0.3 is 0 Å². The van der Waals surface area contributed by atoms with Gasteiger partial charge in [-0.3, -0.25) is 0 Å². The van der Waals surface area contributed by atoms with Crippen LogP contribution in [0.25, 0.3) is 10.6 Å². The minimum absolute atomic E-state index is 0.0395. The van der Waals surface area contributed by atoms with E-state index in [4.69, 9.17) is 0 Å². The summed E-state index contributed by atoms with van der Waals surface area (Å²) in [5.41, 5.74) is 2.21. The fraction of sp³-hybridized carbons (Fsp3) is 0.333. The highest BCUT2D eigenvalue weighted by molar-refractivity contribution is 7.89. The van der Waals surface area contributed by atoms with E-state index in [-0.39, 0.29) is 11.7 Å².